The van der Waals surface area contributed by atoms with Crippen LogP contribution in [0.3, 0.4) is 0 Å². The first-order valence-electron chi connectivity index (χ1n) is 39.3. The Labute approximate surface area is 742 Å². The van der Waals surface area contributed by atoms with E-state index in [1.165, 1.54) is 33.3 Å². The van der Waals surface area contributed by atoms with Crippen molar-refractivity contribution in [1.82, 2.24) is 94.2 Å². The smallest absolute Gasteiger partial charge is 0.327 e. The fraction of sp³-hybridized carbons (Fsp3) is 0.634. The summed E-state index contributed by atoms with van der Waals surface area (Å²) < 4.78 is 0. The maximum absolute atomic E-state index is 14.5. The molecular formula is C71H113N25O26S4. The van der Waals surface area contributed by atoms with Crippen LogP contribution in [0.5, 0.6) is 0 Å². The first kappa shape index (κ1) is 108. The Hall–Kier alpha value is -11.9. The maximum Gasteiger partial charge on any atom is 0.327 e. The number of carbonyl (C=O) groups excluding carboxylic acids is 19. The molecule has 1 aromatic heterocycles. The number of likely N-dealkylation sites (tertiary alicyclic amines) is 2. The fourth-order valence-electron chi connectivity index (χ4n) is 12.5. The number of carbonyl (C=O) groups is 22. The van der Waals surface area contributed by atoms with Gasteiger partial charge in [0.25, 0.3) is 0 Å². The van der Waals surface area contributed by atoms with Crippen LogP contribution in [0.25, 0.3) is 0 Å². The number of aromatic amines is 1. The van der Waals surface area contributed by atoms with Crippen LogP contribution in [0, 0.1) is 11.8 Å². The summed E-state index contributed by atoms with van der Waals surface area (Å²) >= 11 is 16.3. The van der Waals surface area contributed by atoms with E-state index in [9.17, 15) is 121 Å². The molecule has 0 aromatic carbocycles. The zero-order valence-electron chi connectivity index (χ0n) is 69.3. The fourth-order valence-corrected chi connectivity index (χ4v) is 13.6. The van der Waals surface area contributed by atoms with E-state index in [0.717, 1.165) is 9.80 Å². The summed E-state index contributed by atoms with van der Waals surface area (Å²) in [7, 11) is 0. The first-order chi connectivity index (χ1) is 59.1. The lowest BCUT2D eigenvalue weighted by Gasteiger charge is -2.31. The van der Waals surface area contributed by atoms with Gasteiger partial charge in [-0.15, -0.1) is 0 Å². The molecule has 0 aliphatic carbocycles. The van der Waals surface area contributed by atoms with Gasteiger partial charge in [0.05, 0.1) is 50.4 Å². The number of guanidine groups is 1. The summed E-state index contributed by atoms with van der Waals surface area (Å²) in [5.74, 6) is -29.0. The Kier molecular flexibility index (Phi) is 46.0. The van der Waals surface area contributed by atoms with E-state index in [1.807, 2.05) is 0 Å². The molecule has 51 nitrogen and oxygen atoms in total. The molecule has 0 bridgehead atoms. The third-order valence-corrected chi connectivity index (χ3v) is 20.7. The largest absolute Gasteiger partial charge is 0.481 e. The van der Waals surface area contributed by atoms with Gasteiger partial charge in [-0.3, -0.25) is 106 Å². The van der Waals surface area contributed by atoms with Crippen molar-refractivity contribution < 1.29 is 126 Å². The van der Waals surface area contributed by atoms with E-state index in [0.29, 0.717) is 0 Å². The van der Waals surface area contributed by atoms with E-state index < -0.39 is 307 Å². The number of aliphatic hydroxyl groups excluding tert-OH is 1. The Morgan fingerprint density at radius 3 is 1.23 bits per heavy atom. The SMILES string of the molecule is CC(C)[C@H](NC(=O)[C@H](Cc1c[nH]cn1)NC(=O)[C@@H]1CCCN1C(=O)[C@H](CC(N)=O)NC(=O)[C@H](CC(N)=O)NC(=O)[C@@H](NC(=O)[C@H](CCCN=C(N)N)NC(=O)[C@H](CS)NC(=O)[C@H](C)NC(=O)[C@@H]1CCCN1C(=O)[C@H](CC(N)=O)NC(=O)[C@H](CO)NC(=O)[C@H](CS)NC(=O)[C@H](CS)NC(=O)[C@H](CCC(=O)O)NC(=O)[C@@H](N)CC(=O)O)C(C)C)C(=O)N[C@@H](CS)C(=O)O. The van der Waals surface area contributed by atoms with Crippen LogP contribution in [0.1, 0.15) is 117 Å². The van der Waals surface area contributed by atoms with Gasteiger partial charge in [0.2, 0.25) is 112 Å². The third kappa shape index (κ3) is 35.6. The number of nitrogens with two attached hydrogens (primary N) is 6. The van der Waals surface area contributed by atoms with Crippen molar-refractivity contribution in [2.24, 2.45) is 51.2 Å². The predicted molar refractivity (Wildman–Crippen MR) is 453 cm³/mol. The average molecular weight is 1860 g/mol. The standard InChI is InChI=1S/C71H113N25O26S4/c1-29(2)52(66(117)85-37(19-47(73)98)58(109)86-38(20-48(74)99)68(119)96-16-8-11-46(96)65(116)84-36(17-32-22-78-28-80-32)59(110)94-53(30(3)4)67(118)92-44(27-126)70(121)122)93-57(108)34(9-6-14-79-71(76)77)83-61(112)41(24-123)89-54(105)31(5)81-64(115)45-10-7-15-95(45)69(120)39(21-49(75)100)87-60(111)40(23-97)88-62(113)42(25-124)91-63(114)43(26-125)90-56(107)35(12-13-50(101)102)82-55(106)33(72)18-51(103)104/h22,28-31,33-46,52-53,97,123-126H,6-21,23-27,72H2,1-5H3,(H2,73,98)(H2,74,99)(H2,75,100)(H,78,80)(H,81,115)(H,82,106)(H,83,112)(H,84,116)(H,85,117)(H,86,109)(H,87,111)(H,88,113)(H,89,105)(H,90,107)(H,91,114)(H,92,118)(H,93,108)(H,94,110)(H,101,102)(H,103,104)(H,121,122)(H4,76,77,79)/t31-,33-,34-,35-,36-,37-,38-,39-,40-,41-,42-,43-,44-,45-,46-,52-,53-/m0/s1. The Bertz CT molecular complexity index is 4130. The number of nitrogens with one attached hydrogen (secondary N) is 15. The average Bonchev–Trinajstić information content (AvgIpc) is 1.64. The molecule has 2 aliphatic rings. The summed E-state index contributed by atoms with van der Waals surface area (Å²) in [6, 6.07) is -27.9. The van der Waals surface area contributed by atoms with Crippen molar-refractivity contribution >= 4 is 187 Å². The van der Waals surface area contributed by atoms with E-state index >= 15 is 0 Å². The summed E-state index contributed by atoms with van der Waals surface area (Å²) in [5, 5.41) is 70.8. The number of aliphatic carboxylic acids is 3. The van der Waals surface area contributed by atoms with Crippen LogP contribution < -0.4 is 109 Å². The molecule has 126 heavy (non-hydrogen) atoms. The molecule has 0 unspecified atom stereocenters. The second-order valence-corrected chi connectivity index (χ2v) is 31.3. The highest BCUT2D eigenvalue weighted by molar-refractivity contribution is 7.80. The van der Waals surface area contributed by atoms with Gasteiger partial charge >= 0.3 is 17.9 Å². The maximum atomic E-state index is 14.5. The van der Waals surface area contributed by atoms with Gasteiger partial charge in [0, 0.05) is 61.7 Å². The van der Waals surface area contributed by atoms with Crippen LogP contribution in [0.15, 0.2) is 17.5 Å². The minimum absolute atomic E-state index is 0.0397. The van der Waals surface area contributed by atoms with Gasteiger partial charge in [-0.05, 0) is 63.7 Å². The van der Waals surface area contributed by atoms with E-state index in [-0.39, 0.29) is 82.0 Å². The van der Waals surface area contributed by atoms with Gasteiger partial charge in [0.1, 0.15) is 96.7 Å². The lowest BCUT2D eigenvalue weighted by Crippen LogP contribution is -2.62. The number of amides is 19. The number of aliphatic imine (C=N–C) groups is 1. The van der Waals surface area contributed by atoms with Gasteiger partial charge in [-0.1, -0.05) is 27.7 Å². The van der Waals surface area contributed by atoms with Gasteiger partial charge in [0.15, 0.2) is 5.96 Å². The highest BCUT2D eigenvalue weighted by Crippen LogP contribution is 2.23. The molecule has 702 valence electrons. The summed E-state index contributed by atoms with van der Waals surface area (Å²) in [6.45, 7) is 5.51. The minimum atomic E-state index is -1.98. The zero-order chi connectivity index (χ0) is 95.3. The van der Waals surface area contributed by atoms with Crippen LogP contribution in [0.4, 0.5) is 0 Å². The summed E-state index contributed by atoms with van der Waals surface area (Å²) in [4.78, 5) is 307. The normalized spacial score (nSPS) is 17.1. The molecule has 1 aromatic rings. The summed E-state index contributed by atoms with van der Waals surface area (Å²) in [6.07, 6.45) is -2.70. The first-order valence-corrected chi connectivity index (χ1v) is 41.9. The molecule has 17 atom stereocenters. The number of carboxylic acids is 3. The second kappa shape index (κ2) is 53.5. The number of imidazole rings is 1. The molecule has 0 radical (unpaired) electrons. The van der Waals surface area contributed by atoms with E-state index in [4.69, 9.17) is 39.5 Å². The Balaban J connectivity index is 1.79. The van der Waals surface area contributed by atoms with Crippen LogP contribution in [0.2, 0.25) is 0 Å². The number of nitrogens with zero attached hydrogens (tertiary/aromatic N) is 4. The molecule has 31 N–H and O–H groups in total. The van der Waals surface area contributed by atoms with Gasteiger partial charge < -0.3 is 144 Å². The molecule has 19 amide bonds. The monoisotopic (exact) mass is 1860 g/mol. The Morgan fingerprint density at radius 2 is 0.817 bits per heavy atom. The van der Waals surface area contributed by atoms with Crippen molar-refractivity contribution in [1.29, 1.82) is 0 Å². The van der Waals surface area contributed by atoms with Gasteiger partial charge in [-0.25, -0.2) is 9.78 Å². The number of carboxylic acid groups (broad SMARTS) is 3. The van der Waals surface area contributed by atoms with E-state index in [1.54, 1.807) is 13.8 Å². The van der Waals surface area contributed by atoms with Crippen LogP contribution in [-0.2, 0) is 112 Å². The van der Waals surface area contributed by atoms with Crippen LogP contribution in [-0.4, -0.2) is 328 Å². The number of primary amides is 3. The number of H-pyrrole nitrogens is 1. The molecule has 2 aliphatic heterocycles. The quantitative estimate of drug-likeness (QED) is 0.0125. The number of hydrogen-bond acceptors (Lipinski definition) is 30. The topological polar surface area (TPSA) is 829 Å². The lowest BCUT2D eigenvalue weighted by molar-refractivity contribution is -0.144. The molecule has 3 heterocycles. The molecule has 55 heteroatoms. The highest BCUT2D eigenvalue weighted by atomic mass is 32.1. The third-order valence-electron chi connectivity index (χ3n) is 19.3. The molecule has 0 spiro atoms. The molecule has 2 saturated heterocycles. The van der Waals surface area contributed by atoms with Crippen molar-refractivity contribution in [2.75, 3.05) is 49.3 Å². The Morgan fingerprint density at radius 1 is 0.444 bits per heavy atom. The molecule has 2 fully saturated rings. The number of aromatic nitrogens is 2. The highest BCUT2D eigenvalue weighted by Gasteiger charge is 2.45. The van der Waals surface area contributed by atoms with Crippen molar-refractivity contribution in [3.8, 4) is 0 Å². The van der Waals surface area contributed by atoms with Crippen molar-refractivity contribution in [3.63, 3.8) is 0 Å². The number of rotatable bonds is 55. The number of hydrogen-bond donors (Lipinski definition) is 29. The predicted octanol–water partition coefficient (Wildman–Crippen LogP) is -12.8. The lowest BCUT2D eigenvalue weighted by atomic mass is 10.0. The molecule has 3 rings (SSSR count). The van der Waals surface area contributed by atoms with Gasteiger partial charge in [-0.2, -0.15) is 50.5 Å². The summed E-state index contributed by atoms with van der Waals surface area (Å²) in [5.41, 5.74) is 33.5. The second-order valence-electron chi connectivity index (χ2n) is 29.9. The van der Waals surface area contributed by atoms with Crippen molar-refractivity contribution in [2.45, 2.75) is 221 Å². The minimum Gasteiger partial charge on any atom is -0.481 e. The van der Waals surface area contributed by atoms with E-state index in [2.05, 4.69) is 140 Å². The zero-order valence-corrected chi connectivity index (χ0v) is 72.9. The number of thiol groups is 4. The van der Waals surface area contributed by atoms with Crippen molar-refractivity contribution in [3.05, 3.63) is 18.2 Å². The molecule has 0 saturated carbocycles. The van der Waals surface area contributed by atoms with Crippen LogP contribution >= 0.6 is 50.5 Å². The number of aliphatic hydroxyl groups is 1. The molecular weight excluding hydrogens is 1750 g/mol.